The van der Waals surface area contributed by atoms with Crippen LogP contribution in [-0.4, -0.2) is 39.2 Å². The zero-order valence-electron chi connectivity index (χ0n) is 12.7. The van der Waals surface area contributed by atoms with Crippen LogP contribution < -0.4 is 19.1 Å². The number of fused-ring (bicyclic) bond motifs is 2. The summed E-state index contributed by atoms with van der Waals surface area (Å²) in [5.74, 6) is 2.29. The fourth-order valence-electron chi connectivity index (χ4n) is 3.61. The van der Waals surface area contributed by atoms with Crippen molar-refractivity contribution in [3.63, 3.8) is 0 Å². The van der Waals surface area contributed by atoms with Gasteiger partial charge in [-0.1, -0.05) is 0 Å². The lowest BCUT2D eigenvalue weighted by molar-refractivity contribution is -0.120. The van der Waals surface area contributed by atoms with Gasteiger partial charge in [0.25, 0.3) is 0 Å². The van der Waals surface area contributed by atoms with E-state index in [0.29, 0.717) is 48.0 Å². The molecular weight excluding hydrogens is 270 g/mol. The van der Waals surface area contributed by atoms with Crippen LogP contribution in [0.1, 0.15) is 25.7 Å². The number of hydrogen-bond donors (Lipinski definition) is 0. The molecule has 0 aliphatic carbocycles. The Labute approximate surface area is 124 Å². The van der Waals surface area contributed by atoms with E-state index in [2.05, 4.69) is 4.90 Å². The number of carbonyl (C=O) groups excluding carboxylic acids is 1. The highest BCUT2D eigenvalue weighted by Crippen LogP contribution is 2.45. The number of ketones is 1. The molecule has 2 unspecified atom stereocenters. The number of Topliss-reactive ketones (excluding diaryl/α,β-unsaturated/α-hetero) is 1. The molecule has 1 aromatic rings. The molecule has 1 aromatic carbocycles. The van der Waals surface area contributed by atoms with Gasteiger partial charge < -0.3 is 19.1 Å². The quantitative estimate of drug-likeness (QED) is 0.852. The number of benzene rings is 1. The summed E-state index contributed by atoms with van der Waals surface area (Å²) < 4.78 is 16.2. The zero-order valence-corrected chi connectivity index (χ0v) is 12.7. The second-order valence-electron chi connectivity index (χ2n) is 5.62. The molecule has 0 N–H and O–H groups in total. The number of anilines is 1. The van der Waals surface area contributed by atoms with Gasteiger partial charge in [-0.3, -0.25) is 4.79 Å². The molecule has 0 aromatic heterocycles. The second kappa shape index (κ2) is 5.47. The van der Waals surface area contributed by atoms with Crippen molar-refractivity contribution in [2.45, 2.75) is 37.8 Å². The summed E-state index contributed by atoms with van der Waals surface area (Å²) in [4.78, 5) is 14.1. The van der Waals surface area contributed by atoms with Gasteiger partial charge in [0.05, 0.1) is 21.3 Å². The summed E-state index contributed by atoms with van der Waals surface area (Å²) in [6, 6.07) is 4.56. The zero-order chi connectivity index (χ0) is 15.0. The van der Waals surface area contributed by atoms with E-state index >= 15 is 0 Å². The van der Waals surface area contributed by atoms with Gasteiger partial charge in [0, 0.05) is 42.7 Å². The summed E-state index contributed by atoms with van der Waals surface area (Å²) in [7, 11) is 4.84. The largest absolute Gasteiger partial charge is 0.493 e. The molecule has 5 nitrogen and oxygen atoms in total. The van der Waals surface area contributed by atoms with Crippen molar-refractivity contribution in [2.24, 2.45) is 0 Å². The molecule has 2 aliphatic heterocycles. The van der Waals surface area contributed by atoms with Crippen LogP contribution in [0.4, 0.5) is 5.69 Å². The van der Waals surface area contributed by atoms with Crippen molar-refractivity contribution < 1.29 is 19.0 Å². The Morgan fingerprint density at radius 3 is 1.90 bits per heavy atom. The lowest BCUT2D eigenvalue weighted by atomic mass is 10.0. The number of piperidine rings is 1. The van der Waals surface area contributed by atoms with Crippen molar-refractivity contribution >= 4 is 11.5 Å². The highest BCUT2D eigenvalue weighted by molar-refractivity contribution is 5.83. The average Bonchev–Trinajstić information content (AvgIpc) is 2.77. The van der Waals surface area contributed by atoms with Gasteiger partial charge in [0.15, 0.2) is 11.5 Å². The Hall–Kier alpha value is -1.91. The van der Waals surface area contributed by atoms with Crippen LogP contribution in [0.5, 0.6) is 17.2 Å². The van der Waals surface area contributed by atoms with Gasteiger partial charge in [0.2, 0.25) is 5.75 Å². The molecule has 0 saturated carbocycles. The highest BCUT2D eigenvalue weighted by atomic mass is 16.5. The summed E-state index contributed by atoms with van der Waals surface area (Å²) >= 11 is 0. The fraction of sp³-hybridized carbons (Fsp3) is 0.562. The predicted octanol–water partition coefficient (Wildman–Crippen LogP) is 2.41. The first kappa shape index (κ1) is 14.0. The first-order valence-corrected chi connectivity index (χ1v) is 7.28. The maximum atomic E-state index is 11.8. The van der Waals surface area contributed by atoms with Crippen LogP contribution in [0.3, 0.4) is 0 Å². The molecule has 2 fully saturated rings. The predicted molar refractivity (Wildman–Crippen MR) is 79.6 cm³/mol. The van der Waals surface area contributed by atoms with Crippen LogP contribution >= 0.6 is 0 Å². The number of methoxy groups -OCH3 is 3. The summed E-state index contributed by atoms with van der Waals surface area (Å²) in [5.41, 5.74) is 1.05. The van der Waals surface area contributed by atoms with E-state index in [1.165, 1.54) is 0 Å². The van der Waals surface area contributed by atoms with Crippen molar-refractivity contribution in [2.75, 3.05) is 26.2 Å². The van der Waals surface area contributed by atoms with Crippen molar-refractivity contribution in [3.8, 4) is 17.2 Å². The third-order valence-electron chi connectivity index (χ3n) is 4.49. The van der Waals surface area contributed by atoms with E-state index in [-0.39, 0.29) is 0 Å². The van der Waals surface area contributed by atoms with E-state index < -0.39 is 0 Å². The molecule has 2 heterocycles. The van der Waals surface area contributed by atoms with Crippen molar-refractivity contribution in [1.29, 1.82) is 0 Å². The molecule has 2 aliphatic rings. The number of ether oxygens (including phenoxy) is 3. The summed E-state index contributed by atoms with van der Waals surface area (Å²) in [6.45, 7) is 0. The molecular formula is C16H21NO4. The van der Waals surface area contributed by atoms with E-state index in [4.69, 9.17) is 14.2 Å². The third kappa shape index (κ3) is 2.30. The van der Waals surface area contributed by atoms with Gasteiger partial charge in [-0.05, 0) is 12.8 Å². The number of carbonyl (C=O) groups is 1. The van der Waals surface area contributed by atoms with Gasteiger partial charge in [-0.2, -0.15) is 0 Å². The average molecular weight is 291 g/mol. The lowest BCUT2D eigenvalue weighted by Gasteiger charge is -2.36. The molecule has 5 heteroatoms. The van der Waals surface area contributed by atoms with E-state index in [1.54, 1.807) is 21.3 Å². The van der Waals surface area contributed by atoms with Gasteiger partial charge in [-0.25, -0.2) is 0 Å². The molecule has 114 valence electrons. The van der Waals surface area contributed by atoms with E-state index in [0.717, 1.165) is 18.5 Å². The maximum absolute atomic E-state index is 11.8. The monoisotopic (exact) mass is 291 g/mol. The van der Waals surface area contributed by atoms with Crippen LogP contribution in [0.2, 0.25) is 0 Å². The molecule has 2 atom stereocenters. The number of rotatable bonds is 4. The number of nitrogens with zero attached hydrogens (tertiary/aromatic N) is 1. The number of hydrogen-bond acceptors (Lipinski definition) is 5. The van der Waals surface area contributed by atoms with Crippen LogP contribution in [0.15, 0.2) is 12.1 Å². The van der Waals surface area contributed by atoms with Crippen LogP contribution in [0, 0.1) is 0 Å². The molecule has 0 spiro atoms. The Morgan fingerprint density at radius 1 is 0.952 bits per heavy atom. The van der Waals surface area contributed by atoms with Crippen LogP contribution in [-0.2, 0) is 4.79 Å². The highest BCUT2D eigenvalue weighted by Gasteiger charge is 2.40. The molecule has 0 amide bonds. The minimum absolute atomic E-state index is 0.305. The lowest BCUT2D eigenvalue weighted by Crippen LogP contribution is -2.43. The van der Waals surface area contributed by atoms with E-state index in [9.17, 15) is 4.79 Å². The van der Waals surface area contributed by atoms with Gasteiger partial charge >= 0.3 is 0 Å². The van der Waals surface area contributed by atoms with Crippen molar-refractivity contribution in [1.82, 2.24) is 0 Å². The third-order valence-corrected chi connectivity index (χ3v) is 4.49. The second-order valence-corrected chi connectivity index (χ2v) is 5.62. The maximum Gasteiger partial charge on any atom is 0.203 e. The molecule has 0 radical (unpaired) electrons. The van der Waals surface area contributed by atoms with Crippen molar-refractivity contribution in [3.05, 3.63) is 12.1 Å². The van der Waals surface area contributed by atoms with Gasteiger partial charge in [0.1, 0.15) is 5.78 Å². The molecule has 2 bridgehead atoms. The Morgan fingerprint density at radius 2 is 1.48 bits per heavy atom. The first-order chi connectivity index (χ1) is 10.2. The summed E-state index contributed by atoms with van der Waals surface area (Å²) in [5, 5.41) is 0. The van der Waals surface area contributed by atoms with E-state index in [1.807, 2.05) is 12.1 Å². The Balaban J connectivity index is 2.01. The first-order valence-electron chi connectivity index (χ1n) is 7.28. The minimum Gasteiger partial charge on any atom is -0.493 e. The standard InChI is InChI=1S/C16H21NO4/c1-19-14-8-12(9-15(20-2)16(14)21-3)17-10-4-5-11(17)7-13(18)6-10/h8-11H,4-7H2,1-3H3. The SMILES string of the molecule is COc1cc(N2C3CCC2CC(=O)C3)cc(OC)c1OC. The van der Waals surface area contributed by atoms with Gasteiger partial charge in [-0.15, -0.1) is 0 Å². The molecule has 21 heavy (non-hydrogen) atoms. The fourth-order valence-corrected chi connectivity index (χ4v) is 3.61. The Kier molecular flexibility index (Phi) is 3.66. The Bertz CT molecular complexity index is 516. The summed E-state index contributed by atoms with van der Waals surface area (Å²) in [6.07, 6.45) is 3.44. The normalized spacial score (nSPS) is 24.1. The molecule has 2 saturated heterocycles. The smallest absolute Gasteiger partial charge is 0.203 e. The molecule has 3 rings (SSSR count). The minimum atomic E-state index is 0.305. The van der Waals surface area contributed by atoms with Crippen LogP contribution in [0.25, 0.3) is 0 Å². The topological polar surface area (TPSA) is 48.0 Å².